The second kappa shape index (κ2) is 7.58. The number of halogens is 4. The van der Waals surface area contributed by atoms with Crippen molar-refractivity contribution in [2.75, 3.05) is 5.32 Å². The molecule has 0 aliphatic heterocycles. The fourth-order valence-electron chi connectivity index (χ4n) is 2.36. The van der Waals surface area contributed by atoms with Gasteiger partial charge >= 0.3 is 6.18 Å². The van der Waals surface area contributed by atoms with Gasteiger partial charge in [0.25, 0.3) is 0 Å². The first-order valence-electron chi connectivity index (χ1n) is 7.30. The van der Waals surface area contributed by atoms with Crippen LogP contribution in [0, 0.1) is 13.8 Å². The molecule has 0 saturated heterocycles. The number of hydrogen-bond donors (Lipinski definition) is 1. The van der Waals surface area contributed by atoms with E-state index in [1.165, 1.54) is 17.4 Å². The molecule has 3 aromatic rings. The Balaban J connectivity index is 0.00000225. The van der Waals surface area contributed by atoms with Gasteiger partial charge in [0.05, 0.1) is 11.3 Å². The number of alkyl halides is 3. The highest BCUT2D eigenvalue weighted by Gasteiger charge is 2.30. The molecule has 0 fully saturated rings. The number of benzene rings is 2. The second-order valence-corrected chi connectivity index (χ2v) is 6.42. The van der Waals surface area contributed by atoms with Gasteiger partial charge < -0.3 is 5.32 Å². The first-order valence-corrected chi connectivity index (χ1v) is 8.18. The summed E-state index contributed by atoms with van der Waals surface area (Å²) in [5.74, 6) is 0. The average Bonchev–Trinajstić information content (AvgIpc) is 2.97. The molecule has 25 heavy (non-hydrogen) atoms. The van der Waals surface area contributed by atoms with E-state index in [9.17, 15) is 13.2 Å². The number of hydrogen-bond acceptors (Lipinski definition) is 3. The Kier molecular flexibility index (Phi) is 5.90. The number of aromatic nitrogens is 1. The Hall–Kier alpha value is -1.86. The first-order chi connectivity index (χ1) is 11.3. The summed E-state index contributed by atoms with van der Waals surface area (Å²) in [6, 6.07) is 11.2. The van der Waals surface area contributed by atoms with Gasteiger partial charge in [0, 0.05) is 16.6 Å². The standard InChI is InChI=1S/C18H15F3N2S.BrH/c1-11-6-7-12(2)15(8-11)16-10-24-17(23-16)22-14-5-3-4-13(9-14)18(19,20)21;/h3-10H,1-2H3,(H,22,23);1H. The van der Waals surface area contributed by atoms with Gasteiger partial charge in [0.2, 0.25) is 0 Å². The molecule has 2 aromatic carbocycles. The van der Waals surface area contributed by atoms with E-state index in [0.717, 1.165) is 34.5 Å². The highest BCUT2D eigenvalue weighted by atomic mass is 79.9. The number of nitrogens with zero attached hydrogens (tertiary/aromatic N) is 1. The third-order valence-electron chi connectivity index (χ3n) is 3.61. The minimum Gasteiger partial charge on any atom is -0.332 e. The monoisotopic (exact) mass is 428 g/mol. The van der Waals surface area contributed by atoms with Crippen LogP contribution in [0.25, 0.3) is 11.3 Å². The molecule has 0 unspecified atom stereocenters. The SMILES string of the molecule is Br.Cc1ccc(C)c(-c2csc(Nc3cccc(C(F)(F)F)c3)n2)c1. The zero-order valence-electron chi connectivity index (χ0n) is 13.5. The van der Waals surface area contributed by atoms with Gasteiger partial charge in [0.15, 0.2) is 5.13 Å². The van der Waals surface area contributed by atoms with Gasteiger partial charge in [-0.15, -0.1) is 28.3 Å². The third kappa shape index (κ3) is 4.61. The van der Waals surface area contributed by atoms with Crippen LogP contribution >= 0.6 is 28.3 Å². The summed E-state index contributed by atoms with van der Waals surface area (Å²) in [5.41, 5.74) is 3.78. The van der Waals surface area contributed by atoms with E-state index in [-0.39, 0.29) is 17.0 Å². The molecule has 0 spiro atoms. The molecule has 2 nitrogen and oxygen atoms in total. The van der Waals surface area contributed by atoms with Crippen molar-refractivity contribution in [1.82, 2.24) is 4.98 Å². The Morgan fingerprint density at radius 3 is 2.52 bits per heavy atom. The van der Waals surface area contributed by atoms with Crippen LogP contribution in [-0.4, -0.2) is 4.98 Å². The molecule has 0 atom stereocenters. The lowest BCUT2D eigenvalue weighted by atomic mass is 10.0. The fourth-order valence-corrected chi connectivity index (χ4v) is 3.09. The molecule has 7 heteroatoms. The van der Waals surface area contributed by atoms with Crippen LogP contribution in [0.4, 0.5) is 24.0 Å². The molecule has 1 aromatic heterocycles. The Morgan fingerprint density at radius 1 is 1.04 bits per heavy atom. The number of anilines is 2. The number of thiazole rings is 1. The van der Waals surface area contributed by atoms with Crippen molar-refractivity contribution in [2.45, 2.75) is 20.0 Å². The van der Waals surface area contributed by atoms with Crippen LogP contribution in [0.15, 0.2) is 47.8 Å². The van der Waals surface area contributed by atoms with Gasteiger partial charge in [-0.25, -0.2) is 4.98 Å². The van der Waals surface area contributed by atoms with Crippen LogP contribution in [0.2, 0.25) is 0 Å². The normalized spacial score (nSPS) is 11.1. The zero-order valence-corrected chi connectivity index (χ0v) is 16.0. The maximum Gasteiger partial charge on any atom is 0.416 e. The first kappa shape index (κ1) is 19.5. The smallest absolute Gasteiger partial charge is 0.332 e. The molecule has 1 N–H and O–H groups in total. The predicted molar refractivity (Wildman–Crippen MR) is 102 cm³/mol. The quantitative estimate of drug-likeness (QED) is 0.497. The zero-order chi connectivity index (χ0) is 17.3. The minimum atomic E-state index is -4.36. The van der Waals surface area contributed by atoms with Crippen LogP contribution in [-0.2, 0) is 6.18 Å². The van der Waals surface area contributed by atoms with E-state index in [1.807, 2.05) is 31.4 Å². The van der Waals surface area contributed by atoms with Crippen molar-refractivity contribution in [2.24, 2.45) is 0 Å². The van der Waals surface area contributed by atoms with Crippen molar-refractivity contribution in [3.63, 3.8) is 0 Å². The molecule has 1 heterocycles. The topological polar surface area (TPSA) is 24.9 Å². The maximum absolute atomic E-state index is 12.8. The minimum absolute atomic E-state index is 0. The molecule has 0 saturated carbocycles. The Morgan fingerprint density at radius 2 is 1.80 bits per heavy atom. The van der Waals surface area contributed by atoms with Gasteiger partial charge in [-0.3, -0.25) is 0 Å². The van der Waals surface area contributed by atoms with E-state index in [0.29, 0.717) is 10.8 Å². The van der Waals surface area contributed by atoms with Gasteiger partial charge in [-0.05, 0) is 43.7 Å². The van der Waals surface area contributed by atoms with E-state index >= 15 is 0 Å². The summed E-state index contributed by atoms with van der Waals surface area (Å²) < 4.78 is 38.3. The highest BCUT2D eigenvalue weighted by molar-refractivity contribution is 8.93. The Bertz CT molecular complexity index is 875. The highest BCUT2D eigenvalue weighted by Crippen LogP contribution is 2.33. The Labute approximate surface area is 158 Å². The van der Waals surface area contributed by atoms with Gasteiger partial charge in [0.1, 0.15) is 0 Å². The van der Waals surface area contributed by atoms with Crippen molar-refractivity contribution in [3.05, 3.63) is 64.5 Å². The number of rotatable bonds is 3. The molecular formula is C18H16BrF3N2S. The summed E-state index contributed by atoms with van der Waals surface area (Å²) >= 11 is 1.36. The lowest BCUT2D eigenvalue weighted by Gasteiger charge is -2.09. The van der Waals surface area contributed by atoms with Crippen molar-refractivity contribution in [1.29, 1.82) is 0 Å². The number of aryl methyl sites for hydroxylation is 2. The van der Waals surface area contributed by atoms with E-state index in [1.54, 1.807) is 6.07 Å². The van der Waals surface area contributed by atoms with E-state index in [2.05, 4.69) is 16.4 Å². The third-order valence-corrected chi connectivity index (χ3v) is 4.37. The number of nitrogens with one attached hydrogen (secondary N) is 1. The summed E-state index contributed by atoms with van der Waals surface area (Å²) in [5, 5.41) is 5.41. The molecule has 0 aliphatic carbocycles. The summed E-state index contributed by atoms with van der Waals surface area (Å²) in [6.45, 7) is 4.02. The molecule has 0 aliphatic rings. The molecular weight excluding hydrogens is 413 g/mol. The van der Waals surface area contributed by atoms with Gasteiger partial charge in [-0.2, -0.15) is 13.2 Å². The van der Waals surface area contributed by atoms with Crippen LogP contribution < -0.4 is 5.32 Å². The second-order valence-electron chi connectivity index (χ2n) is 5.56. The predicted octanol–water partition coefficient (Wildman–Crippen LogP) is 6.77. The largest absolute Gasteiger partial charge is 0.416 e. The summed E-state index contributed by atoms with van der Waals surface area (Å²) in [6.07, 6.45) is -4.36. The molecule has 3 rings (SSSR count). The molecule has 132 valence electrons. The molecule has 0 bridgehead atoms. The lowest BCUT2D eigenvalue weighted by Crippen LogP contribution is -2.05. The summed E-state index contributed by atoms with van der Waals surface area (Å²) in [4.78, 5) is 4.50. The van der Waals surface area contributed by atoms with E-state index in [4.69, 9.17) is 0 Å². The average molecular weight is 429 g/mol. The molecule has 0 amide bonds. The fraction of sp³-hybridized carbons (Fsp3) is 0.167. The maximum atomic E-state index is 12.8. The van der Waals surface area contributed by atoms with E-state index < -0.39 is 11.7 Å². The van der Waals surface area contributed by atoms with Crippen molar-refractivity contribution >= 4 is 39.1 Å². The van der Waals surface area contributed by atoms with Gasteiger partial charge in [-0.1, -0.05) is 23.8 Å². The summed E-state index contributed by atoms with van der Waals surface area (Å²) in [7, 11) is 0. The van der Waals surface area contributed by atoms with Crippen molar-refractivity contribution < 1.29 is 13.2 Å². The lowest BCUT2D eigenvalue weighted by molar-refractivity contribution is -0.137. The van der Waals surface area contributed by atoms with Crippen LogP contribution in [0.1, 0.15) is 16.7 Å². The van der Waals surface area contributed by atoms with Crippen LogP contribution in [0.5, 0.6) is 0 Å². The molecule has 0 radical (unpaired) electrons. The van der Waals surface area contributed by atoms with Crippen molar-refractivity contribution in [3.8, 4) is 11.3 Å². The van der Waals surface area contributed by atoms with Crippen LogP contribution in [0.3, 0.4) is 0 Å².